The quantitative estimate of drug-likeness (QED) is 0.390. The van der Waals surface area contributed by atoms with Crippen LogP contribution in [0.25, 0.3) is 10.9 Å². The number of aromatic amines is 1. The average Bonchev–Trinajstić information content (AvgIpc) is 3.21. The number of fused-ring (bicyclic) bond motifs is 1. The van der Waals surface area contributed by atoms with Crippen LogP contribution in [0.3, 0.4) is 0 Å². The van der Waals surface area contributed by atoms with E-state index >= 15 is 0 Å². The molecule has 0 spiro atoms. The topological polar surface area (TPSA) is 87.7 Å². The highest BCUT2D eigenvalue weighted by Gasteiger charge is 2.21. The number of hydrogen-bond donors (Lipinski definition) is 2. The van der Waals surface area contributed by atoms with Crippen LogP contribution in [-0.4, -0.2) is 26.9 Å². The molecule has 2 N–H and O–H groups in total. The number of unbranched alkanes of at least 4 members (excludes halogenated alkanes) is 2. The van der Waals surface area contributed by atoms with Gasteiger partial charge in [0.15, 0.2) is 0 Å². The summed E-state index contributed by atoms with van der Waals surface area (Å²) in [5.74, 6) is -1.29. The molecule has 0 aliphatic rings. The lowest BCUT2D eigenvalue weighted by Crippen LogP contribution is -2.22. The molecule has 0 saturated carbocycles. The minimum absolute atomic E-state index is 0.357. The summed E-state index contributed by atoms with van der Waals surface area (Å²) in [5.41, 5.74) is 1.18. The van der Waals surface area contributed by atoms with Crippen LogP contribution in [0.5, 0.6) is 0 Å². The van der Waals surface area contributed by atoms with Crippen molar-refractivity contribution in [2.24, 2.45) is 0 Å². The lowest BCUT2D eigenvalue weighted by Gasteiger charge is -1.99. The fraction of sp³-hybridized carbons (Fsp3) is 0.294. The maximum Gasteiger partial charge on any atom is 0.298 e. The highest BCUT2D eigenvalue weighted by Crippen LogP contribution is 2.20. The molecule has 0 atom stereocenters. The molecule has 0 unspecified atom stereocenters. The van der Waals surface area contributed by atoms with Gasteiger partial charge in [0, 0.05) is 23.5 Å². The number of aryl methyl sites for hydroxylation is 1. The number of carbonyl (C=O) groups excluding carboxylic acids is 2. The van der Waals surface area contributed by atoms with Gasteiger partial charge in [0.1, 0.15) is 5.01 Å². The van der Waals surface area contributed by atoms with E-state index in [9.17, 15) is 9.59 Å². The van der Waals surface area contributed by atoms with E-state index in [4.69, 9.17) is 0 Å². The Hall–Kier alpha value is -2.54. The van der Waals surface area contributed by atoms with E-state index in [-0.39, 0.29) is 0 Å². The maximum absolute atomic E-state index is 12.4. The number of amides is 1. The number of hydrogen-bond acceptors (Lipinski definition) is 5. The molecule has 0 fully saturated rings. The first-order chi connectivity index (χ1) is 11.7. The molecular formula is C17H18N4O2S. The summed E-state index contributed by atoms with van der Waals surface area (Å²) >= 11 is 1.32. The lowest BCUT2D eigenvalue weighted by atomic mass is 10.1. The maximum atomic E-state index is 12.4. The van der Waals surface area contributed by atoms with E-state index in [1.54, 1.807) is 6.20 Å². The largest absolute Gasteiger partial charge is 0.360 e. The zero-order valence-corrected chi connectivity index (χ0v) is 14.2. The normalized spacial score (nSPS) is 10.9. The van der Waals surface area contributed by atoms with E-state index < -0.39 is 11.7 Å². The Bertz CT molecular complexity index is 868. The van der Waals surface area contributed by atoms with Crippen molar-refractivity contribution in [2.45, 2.75) is 32.6 Å². The van der Waals surface area contributed by atoms with E-state index in [1.807, 2.05) is 24.3 Å². The van der Waals surface area contributed by atoms with Crippen LogP contribution in [0.15, 0.2) is 30.5 Å². The number of H-pyrrole nitrogens is 1. The van der Waals surface area contributed by atoms with Gasteiger partial charge >= 0.3 is 0 Å². The van der Waals surface area contributed by atoms with Crippen LogP contribution in [0.2, 0.25) is 0 Å². The molecule has 2 heterocycles. The first-order valence-electron chi connectivity index (χ1n) is 7.93. The highest BCUT2D eigenvalue weighted by atomic mass is 32.1. The molecule has 0 bridgehead atoms. The van der Waals surface area contributed by atoms with Crippen LogP contribution in [0.1, 0.15) is 41.6 Å². The molecule has 1 aromatic carbocycles. The third-order valence-corrected chi connectivity index (χ3v) is 4.62. The second-order valence-electron chi connectivity index (χ2n) is 5.49. The summed E-state index contributed by atoms with van der Waals surface area (Å²) in [6.07, 6.45) is 5.73. The minimum Gasteiger partial charge on any atom is -0.360 e. The number of nitrogens with zero attached hydrogens (tertiary/aromatic N) is 2. The zero-order valence-electron chi connectivity index (χ0n) is 13.3. The van der Waals surface area contributed by atoms with E-state index in [1.165, 1.54) is 11.3 Å². The van der Waals surface area contributed by atoms with Gasteiger partial charge in [-0.05, 0) is 12.5 Å². The molecule has 0 aliphatic carbocycles. The Balaban J connectivity index is 1.67. The molecule has 7 heteroatoms. The monoisotopic (exact) mass is 342 g/mol. The third-order valence-electron chi connectivity index (χ3n) is 3.72. The van der Waals surface area contributed by atoms with Gasteiger partial charge in [-0.2, -0.15) is 0 Å². The standard InChI is InChI=1S/C17H18N4O2S/c1-2-3-4-9-14-20-21-17(24-14)19-16(23)15(22)12-10-18-13-8-6-5-7-11(12)13/h5-8,10,18H,2-4,9H2,1H3,(H,19,21,23). The minimum atomic E-state index is -0.698. The van der Waals surface area contributed by atoms with Crippen molar-refractivity contribution in [3.63, 3.8) is 0 Å². The van der Waals surface area contributed by atoms with Crippen LogP contribution in [-0.2, 0) is 11.2 Å². The summed E-state index contributed by atoms with van der Waals surface area (Å²) in [7, 11) is 0. The molecule has 3 aromatic rings. The van der Waals surface area contributed by atoms with E-state index in [0.717, 1.165) is 41.6 Å². The first-order valence-corrected chi connectivity index (χ1v) is 8.75. The van der Waals surface area contributed by atoms with Gasteiger partial charge in [-0.3, -0.25) is 14.9 Å². The number of para-hydroxylation sites is 1. The average molecular weight is 342 g/mol. The smallest absolute Gasteiger partial charge is 0.298 e. The summed E-state index contributed by atoms with van der Waals surface area (Å²) in [6.45, 7) is 2.14. The number of carbonyl (C=O) groups is 2. The summed E-state index contributed by atoms with van der Waals surface area (Å²) in [5, 5.41) is 12.5. The molecule has 0 radical (unpaired) electrons. The SMILES string of the molecule is CCCCCc1nnc(NC(=O)C(=O)c2c[nH]c3ccccc23)s1. The number of ketones is 1. The molecule has 124 valence electrons. The Labute approximate surface area is 143 Å². The van der Waals surface area contributed by atoms with Crippen LogP contribution in [0.4, 0.5) is 5.13 Å². The number of benzene rings is 1. The lowest BCUT2D eigenvalue weighted by molar-refractivity contribution is -0.112. The Morgan fingerprint density at radius 1 is 1.21 bits per heavy atom. The van der Waals surface area contributed by atoms with E-state index in [2.05, 4.69) is 27.4 Å². The summed E-state index contributed by atoms with van der Waals surface area (Å²) in [6, 6.07) is 7.37. The second kappa shape index (κ2) is 7.35. The van der Waals surface area contributed by atoms with Crippen LogP contribution < -0.4 is 5.32 Å². The van der Waals surface area contributed by atoms with Crippen molar-refractivity contribution in [3.8, 4) is 0 Å². The number of rotatable bonds is 7. The predicted octanol–water partition coefficient (Wildman–Crippen LogP) is 3.57. The Morgan fingerprint density at radius 3 is 2.88 bits per heavy atom. The van der Waals surface area contributed by atoms with Gasteiger partial charge in [0.05, 0.1) is 5.56 Å². The predicted molar refractivity (Wildman–Crippen MR) is 94.4 cm³/mol. The van der Waals surface area contributed by atoms with Gasteiger partial charge in [0.25, 0.3) is 11.7 Å². The molecule has 0 aliphatic heterocycles. The molecule has 0 saturated heterocycles. The summed E-state index contributed by atoms with van der Waals surface area (Å²) in [4.78, 5) is 27.5. The molecule has 2 aromatic heterocycles. The van der Waals surface area contributed by atoms with Gasteiger partial charge in [0.2, 0.25) is 5.13 Å². The fourth-order valence-electron chi connectivity index (χ4n) is 2.47. The zero-order chi connectivity index (χ0) is 16.9. The number of Topliss-reactive ketones (excluding diaryl/α,β-unsaturated/α-hetero) is 1. The van der Waals surface area contributed by atoms with Gasteiger partial charge < -0.3 is 4.98 Å². The first kappa shape index (κ1) is 16.3. The van der Waals surface area contributed by atoms with Crippen LogP contribution in [0, 0.1) is 0 Å². The highest BCUT2D eigenvalue weighted by molar-refractivity contribution is 7.15. The number of nitrogens with one attached hydrogen (secondary N) is 2. The third kappa shape index (κ3) is 3.51. The van der Waals surface area contributed by atoms with Crippen molar-refractivity contribution in [1.29, 1.82) is 0 Å². The van der Waals surface area contributed by atoms with E-state index in [0.29, 0.717) is 10.7 Å². The molecule has 1 amide bonds. The number of anilines is 1. The molecule has 6 nitrogen and oxygen atoms in total. The Morgan fingerprint density at radius 2 is 2.04 bits per heavy atom. The Kier molecular flexibility index (Phi) is 5.00. The summed E-state index contributed by atoms with van der Waals surface area (Å²) < 4.78 is 0. The van der Waals surface area contributed by atoms with Crippen molar-refractivity contribution in [2.75, 3.05) is 5.32 Å². The number of aromatic nitrogens is 3. The van der Waals surface area contributed by atoms with Crippen molar-refractivity contribution in [3.05, 3.63) is 41.0 Å². The molecular weight excluding hydrogens is 324 g/mol. The van der Waals surface area contributed by atoms with Crippen molar-refractivity contribution >= 4 is 39.1 Å². The van der Waals surface area contributed by atoms with Gasteiger partial charge in [-0.25, -0.2) is 0 Å². The molecule has 3 rings (SSSR count). The van der Waals surface area contributed by atoms with Crippen molar-refractivity contribution in [1.82, 2.24) is 15.2 Å². The molecule has 24 heavy (non-hydrogen) atoms. The van der Waals surface area contributed by atoms with Crippen molar-refractivity contribution < 1.29 is 9.59 Å². The fourth-order valence-corrected chi connectivity index (χ4v) is 3.24. The van der Waals surface area contributed by atoms with Gasteiger partial charge in [-0.1, -0.05) is 49.3 Å². The second-order valence-corrected chi connectivity index (χ2v) is 6.55. The van der Waals surface area contributed by atoms with Gasteiger partial charge in [-0.15, -0.1) is 10.2 Å². The van der Waals surface area contributed by atoms with Crippen LogP contribution >= 0.6 is 11.3 Å².